The molecular formula is C11H11ClF5N. The minimum Gasteiger partial charge on any atom is -0.370 e. The fraction of sp³-hybridized carbons (Fsp3) is 0.455. The number of anilines is 1. The predicted molar refractivity (Wildman–Crippen MR) is 59.9 cm³/mol. The molecule has 0 amide bonds. The van der Waals surface area contributed by atoms with E-state index >= 15 is 0 Å². The second-order valence-electron chi connectivity index (χ2n) is 3.83. The van der Waals surface area contributed by atoms with Gasteiger partial charge in [0.2, 0.25) is 0 Å². The van der Waals surface area contributed by atoms with Crippen LogP contribution in [0.1, 0.15) is 12.0 Å². The van der Waals surface area contributed by atoms with Gasteiger partial charge in [-0.25, -0.2) is 8.78 Å². The van der Waals surface area contributed by atoms with Crippen molar-refractivity contribution in [1.29, 1.82) is 0 Å². The van der Waals surface area contributed by atoms with Gasteiger partial charge in [0.1, 0.15) is 17.3 Å². The molecule has 1 rings (SSSR count). The Bertz CT molecular complexity index is 395. The zero-order valence-electron chi connectivity index (χ0n) is 9.49. The molecule has 0 atom stereocenters. The summed E-state index contributed by atoms with van der Waals surface area (Å²) in [5, 5.41) is 0. The Morgan fingerprint density at radius 3 is 2.06 bits per heavy atom. The summed E-state index contributed by atoms with van der Waals surface area (Å²) in [4.78, 5) is 0.899. The molecular weight excluding hydrogens is 277 g/mol. The molecule has 18 heavy (non-hydrogen) atoms. The van der Waals surface area contributed by atoms with Crippen molar-refractivity contribution < 1.29 is 22.0 Å². The number of nitrogens with zero attached hydrogens (tertiary/aromatic N) is 1. The summed E-state index contributed by atoms with van der Waals surface area (Å²) < 4.78 is 63.2. The molecule has 0 radical (unpaired) electrons. The molecule has 102 valence electrons. The van der Waals surface area contributed by atoms with Crippen LogP contribution in [0.15, 0.2) is 12.1 Å². The fourth-order valence-electron chi connectivity index (χ4n) is 1.47. The normalized spacial score (nSPS) is 11.7. The summed E-state index contributed by atoms with van der Waals surface area (Å²) in [5.41, 5.74) is -0.243. The largest absolute Gasteiger partial charge is 0.390 e. The third-order valence-electron chi connectivity index (χ3n) is 2.34. The molecule has 1 nitrogen and oxygen atoms in total. The van der Waals surface area contributed by atoms with Crippen LogP contribution in [0, 0.1) is 11.6 Å². The summed E-state index contributed by atoms with van der Waals surface area (Å²) >= 11 is 5.43. The van der Waals surface area contributed by atoms with Crippen molar-refractivity contribution in [2.45, 2.75) is 18.5 Å². The van der Waals surface area contributed by atoms with Crippen LogP contribution in [0.25, 0.3) is 0 Å². The van der Waals surface area contributed by atoms with Crippen molar-refractivity contribution in [3.8, 4) is 0 Å². The van der Waals surface area contributed by atoms with Crippen molar-refractivity contribution in [3.05, 3.63) is 29.3 Å². The summed E-state index contributed by atoms with van der Waals surface area (Å²) in [7, 11) is 1.20. The summed E-state index contributed by atoms with van der Waals surface area (Å²) in [6.45, 7) is -0.516. The first-order valence-corrected chi connectivity index (χ1v) is 5.60. The maximum atomic E-state index is 13.5. The highest BCUT2D eigenvalue weighted by Crippen LogP contribution is 2.27. The van der Waals surface area contributed by atoms with Gasteiger partial charge in [0, 0.05) is 19.5 Å². The number of halogens is 6. The van der Waals surface area contributed by atoms with Crippen molar-refractivity contribution in [2.24, 2.45) is 0 Å². The Labute approximate surface area is 106 Å². The highest BCUT2D eigenvalue weighted by Gasteiger charge is 2.28. The lowest BCUT2D eigenvalue weighted by Crippen LogP contribution is -2.25. The molecule has 0 spiro atoms. The zero-order valence-corrected chi connectivity index (χ0v) is 10.2. The van der Waals surface area contributed by atoms with Gasteiger partial charge in [0.15, 0.2) is 0 Å². The second-order valence-corrected chi connectivity index (χ2v) is 4.10. The van der Waals surface area contributed by atoms with E-state index in [4.69, 9.17) is 11.6 Å². The molecule has 0 aliphatic heterocycles. The van der Waals surface area contributed by atoms with Gasteiger partial charge in [0.25, 0.3) is 0 Å². The van der Waals surface area contributed by atoms with E-state index in [9.17, 15) is 22.0 Å². The average molecular weight is 288 g/mol. The molecule has 0 bridgehead atoms. The Kier molecular flexibility index (Phi) is 4.78. The first-order chi connectivity index (χ1) is 8.24. The first kappa shape index (κ1) is 15.0. The summed E-state index contributed by atoms with van der Waals surface area (Å²) in [5.74, 6) is -1.91. The Morgan fingerprint density at radius 2 is 1.67 bits per heavy atom. The fourth-order valence-corrected chi connectivity index (χ4v) is 1.62. The maximum Gasteiger partial charge on any atom is 0.390 e. The quantitative estimate of drug-likeness (QED) is 0.595. The number of hydrogen-bond donors (Lipinski definition) is 0. The zero-order chi connectivity index (χ0) is 13.9. The minimum absolute atomic E-state index is 0.0691. The standard InChI is InChI=1S/C11H11ClF5N/c1-18(3-2-11(15,16)17)10-8(13)4-7(6-12)5-9(10)14/h4-5H,2-3,6H2,1H3. The van der Waals surface area contributed by atoms with Gasteiger partial charge in [-0.05, 0) is 17.7 Å². The number of benzene rings is 1. The molecule has 1 aromatic rings. The van der Waals surface area contributed by atoms with Crippen LogP contribution < -0.4 is 4.90 Å². The van der Waals surface area contributed by atoms with E-state index in [0.29, 0.717) is 0 Å². The lowest BCUT2D eigenvalue weighted by Gasteiger charge is -2.21. The molecule has 1 aromatic carbocycles. The Balaban J connectivity index is 2.89. The Morgan fingerprint density at radius 1 is 1.17 bits per heavy atom. The molecule has 0 aliphatic carbocycles. The number of rotatable bonds is 4. The van der Waals surface area contributed by atoms with Crippen LogP contribution in [0.2, 0.25) is 0 Å². The lowest BCUT2D eigenvalue weighted by molar-refractivity contribution is -0.132. The van der Waals surface area contributed by atoms with Crippen molar-refractivity contribution >= 4 is 17.3 Å². The molecule has 0 fully saturated rings. The van der Waals surface area contributed by atoms with Crippen LogP contribution in [0.5, 0.6) is 0 Å². The first-order valence-electron chi connectivity index (χ1n) is 5.06. The topological polar surface area (TPSA) is 3.24 Å². The van der Waals surface area contributed by atoms with Gasteiger partial charge in [-0.2, -0.15) is 13.2 Å². The molecule has 0 N–H and O–H groups in total. The van der Waals surface area contributed by atoms with Gasteiger partial charge in [0.05, 0.1) is 6.42 Å². The SMILES string of the molecule is CN(CCC(F)(F)F)c1c(F)cc(CCl)cc1F. The molecule has 0 unspecified atom stereocenters. The second kappa shape index (κ2) is 5.73. The molecule has 0 aliphatic rings. The van der Waals surface area contributed by atoms with E-state index < -0.39 is 36.5 Å². The Hall–Kier alpha value is -1.04. The van der Waals surface area contributed by atoms with Crippen LogP contribution in [0.4, 0.5) is 27.6 Å². The summed E-state index contributed by atoms with van der Waals surface area (Å²) in [6, 6.07) is 2.02. The lowest BCUT2D eigenvalue weighted by atomic mass is 10.2. The van der Waals surface area contributed by atoms with E-state index in [0.717, 1.165) is 17.0 Å². The average Bonchev–Trinajstić information content (AvgIpc) is 2.24. The molecule has 0 aromatic heterocycles. The van der Waals surface area contributed by atoms with Gasteiger partial charge < -0.3 is 4.90 Å². The van der Waals surface area contributed by atoms with Crippen LogP contribution in [-0.4, -0.2) is 19.8 Å². The highest BCUT2D eigenvalue weighted by molar-refractivity contribution is 6.17. The maximum absolute atomic E-state index is 13.5. The number of hydrogen-bond acceptors (Lipinski definition) is 1. The molecule has 0 saturated heterocycles. The van der Waals surface area contributed by atoms with E-state index in [1.54, 1.807) is 0 Å². The number of alkyl halides is 4. The predicted octanol–water partition coefficient (Wildman–Crippen LogP) is 4.09. The third kappa shape index (κ3) is 4.01. The van der Waals surface area contributed by atoms with Gasteiger partial charge >= 0.3 is 6.18 Å². The van der Waals surface area contributed by atoms with Crippen LogP contribution in [-0.2, 0) is 5.88 Å². The van der Waals surface area contributed by atoms with E-state index in [2.05, 4.69) is 0 Å². The highest BCUT2D eigenvalue weighted by atomic mass is 35.5. The monoisotopic (exact) mass is 287 g/mol. The molecule has 0 heterocycles. The minimum atomic E-state index is -4.36. The van der Waals surface area contributed by atoms with Crippen LogP contribution in [0.3, 0.4) is 0 Å². The van der Waals surface area contributed by atoms with E-state index in [1.165, 1.54) is 7.05 Å². The van der Waals surface area contributed by atoms with E-state index in [-0.39, 0.29) is 11.4 Å². The van der Waals surface area contributed by atoms with Crippen molar-refractivity contribution in [2.75, 3.05) is 18.5 Å². The van der Waals surface area contributed by atoms with Crippen LogP contribution >= 0.6 is 11.6 Å². The van der Waals surface area contributed by atoms with Crippen molar-refractivity contribution in [1.82, 2.24) is 0 Å². The third-order valence-corrected chi connectivity index (χ3v) is 2.65. The molecule has 0 saturated carbocycles. The van der Waals surface area contributed by atoms with Gasteiger partial charge in [-0.3, -0.25) is 0 Å². The van der Waals surface area contributed by atoms with Gasteiger partial charge in [-0.15, -0.1) is 11.6 Å². The smallest absolute Gasteiger partial charge is 0.370 e. The molecule has 7 heteroatoms. The summed E-state index contributed by atoms with van der Waals surface area (Å²) in [6.07, 6.45) is -5.50. The van der Waals surface area contributed by atoms with E-state index in [1.807, 2.05) is 0 Å². The van der Waals surface area contributed by atoms with Gasteiger partial charge in [-0.1, -0.05) is 0 Å². The van der Waals surface area contributed by atoms with Crippen molar-refractivity contribution in [3.63, 3.8) is 0 Å².